The van der Waals surface area contributed by atoms with Gasteiger partial charge in [0.25, 0.3) is 15.9 Å². The molecule has 1 aromatic carbocycles. The van der Waals surface area contributed by atoms with Crippen molar-refractivity contribution in [3.63, 3.8) is 0 Å². The molecule has 0 unspecified atom stereocenters. The van der Waals surface area contributed by atoms with Crippen LogP contribution in [0, 0.1) is 34.6 Å². The lowest BCUT2D eigenvalue weighted by Crippen LogP contribution is -2.30. The largest absolute Gasteiger partial charge is 0.269 e. The fourth-order valence-electron chi connectivity index (χ4n) is 2.42. The third-order valence-electron chi connectivity index (χ3n) is 3.84. The van der Waals surface area contributed by atoms with E-state index in [4.69, 9.17) is 0 Å². The molecule has 1 aromatic heterocycles. The first-order valence-corrected chi connectivity index (χ1v) is 9.72. The van der Waals surface area contributed by atoms with Crippen LogP contribution in [0.5, 0.6) is 0 Å². The maximum atomic E-state index is 12.6. The maximum Gasteiger partial charge on any atom is 0.264 e. The number of carbonyl (C=O) groups excluding carboxylic acids is 1. The Hall–Kier alpha value is -1.99. The van der Waals surface area contributed by atoms with E-state index in [0.29, 0.717) is 16.8 Å². The minimum Gasteiger partial charge on any atom is -0.269 e. The summed E-state index contributed by atoms with van der Waals surface area (Å²) in [6, 6.07) is 1.94. The number of aryl methyl sites for hydroxylation is 3. The van der Waals surface area contributed by atoms with Gasteiger partial charge in [-0.15, -0.1) is 11.3 Å². The zero-order valence-electron chi connectivity index (χ0n) is 14.3. The van der Waals surface area contributed by atoms with Gasteiger partial charge in [-0.1, -0.05) is 6.07 Å². The van der Waals surface area contributed by atoms with Gasteiger partial charge in [0.1, 0.15) is 0 Å². The Bertz CT molecular complexity index is 899. The quantitative estimate of drug-likeness (QED) is 0.845. The van der Waals surface area contributed by atoms with E-state index in [1.54, 1.807) is 19.2 Å². The zero-order valence-corrected chi connectivity index (χ0v) is 15.9. The number of nitrogens with one attached hydrogen (secondary N) is 1. The SMILES string of the molecule is Cc1nc(C=CC(=O)NS(=O)(=O)c2c(C)c(C)cc(C)c2C)cs1. The summed E-state index contributed by atoms with van der Waals surface area (Å²) in [5.41, 5.74) is 3.68. The molecule has 0 aliphatic rings. The Morgan fingerprint density at radius 3 is 2.21 bits per heavy atom. The second-order valence-electron chi connectivity index (χ2n) is 5.68. The highest BCUT2D eigenvalue weighted by molar-refractivity contribution is 7.90. The van der Waals surface area contributed by atoms with Crippen LogP contribution in [0.2, 0.25) is 0 Å². The lowest BCUT2D eigenvalue weighted by molar-refractivity contribution is -0.114. The van der Waals surface area contributed by atoms with Gasteiger partial charge in [0.05, 0.1) is 15.6 Å². The van der Waals surface area contributed by atoms with Crippen LogP contribution < -0.4 is 4.72 Å². The fourth-order valence-corrected chi connectivity index (χ4v) is 4.56. The number of nitrogens with zero attached hydrogens (tertiary/aromatic N) is 1. The van der Waals surface area contributed by atoms with Crippen molar-refractivity contribution >= 4 is 33.3 Å². The van der Waals surface area contributed by atoms with Gasteiger partial charge in [-0.2, -0.15) is 0 Å². The van der Waals surface area contributed by atoms with Crippen LogP contribution in [0.25, 0.3) is 6.08 Å². The molecule has 1 N–H and O–H groups in total. The standard InChI is InChI=1S/C17H20N2O3S2/c1-10-8-11(2)13(4)17(12(10)3)24(21,22)19-16(20)7-6-15-9-23-14(5)18-15/h6-9H,1-5H3,(H,19,20). The molecule has 128 valence electrons. The first-order valence-electron chi connectivity index (χ1n) is 7.36. The molecule has 0 saturated heterocycles. The minimum absolute atomic E-state index is 0.172. The van der Waals surface area contributed by atoms with Gasteiger partial charge in [-0.25, -0.2) is 18.1 Å². The summed E-state index contributed by atoms with van der Waals surface area (Å²) >= 11 is 1.46. The van der Waals surface area contributed by atoms with E-state index in [2.05, 4.69) is 9.71 Å². The summed E-state index contributed by atoms with van der Waals surface area (Å²) in [6.07, 6.45) is 2.68. The molecule has 7 heteroatoms. The highest BCUT2D eigenvalue weighted by atomic mass is 32.2. The highest BCUT2D eigenvalue weighted by Crippen LogP contribution is 2.25. The summed E-state index contributed by atoms with van der Waals surface area (Å²) < 4.78 is 27.4. The minimum atomic E-state index is -3.93. The molecule has 1 heterocycles. The number of amides is 1. The predicted octanol–water partition coefficient (Wildman–Crippen LogP) is 3.20. The van der Waals surface area contributed by atoms with E-state index >= 15 is 0 Å². The van der Waals surface area contributed by atoms with Crippen molar-refractivity contribution in [1.82, 2.24) is 9.71 Å². The second-order valence-corrected chi connectivity index (χ2v) is 8.37. The number of hydrogen-bond donors (Lipinski definition) is 1. The average molecular weight is 364 g/mol. The molecule has 0 spiro atoms. The van der Waals surface area contributed by atoms with Gasteiger partial charge < -0.3 is 0 Å². The van der Waals surface area contributed by atoms with Crippen molar-refractivity contribution in [2.24, 2.45) is 0 Å². The number of aromatic nitrogens is 1. The smallest absolute Gasteiger partial charge is 0.264 e. The second kappa shape index (κ2) is 6.86. The van der Waals surface area contributed by atoms with Crippen LogP contribution in [0.15, 0.2) is 22.4 Å². The van der Waals surface area contributed by atoms with E-state index in [9.17, 15) is 13.2 Å². The fraction of sp³-hybridized carbons (Fsp3) is 0.294. The number of thiazole rings is 1. The molecule has 2 rings (SSSR count). The molecule has 0 atom stereocenters. The molecular weight excluding hydrogens is 344 g/mol. The van der Waals surface area contributed by atoms with Crippen molar-refractivity contribution in [3.8, 4) is 0 Å². The monoisotopic (exact) mass is 364 g/mol. The summed E-state index contributed by atoms with van der Waals surface area (Å²) in [7, 11) is -3.93. The number of rotatable bonds is 4. The lowest BCUT2D eigenvalue weighted by atomic mass is 10.0. The van der Waals surface area contributed by atoms with Crippen molar-refractivity contribution in [3.05, 3.63) is 50.5 Å². The van der Waals surface area contributed by atoms with E-state index < -0.39 is 15.9 Å². The summed E-state index contributed by atoms with van der Waals surface area (Å²) in [4.78, 5) is 16.4. The third kappa shape index (κ3) is 3.91. The van der Waals surface area contributed by atoms with E-state index in [0.717, 1.165) is 16.1 Å². The Kier molecular flexibility index (Phi) is 5.25. The van der Waals surface area contributed by atoms with Crippen LogP contribution in [-0.2, 0) is 14.8 Å². The number of sulfonamides is 1. The molecule has 5 nitrogen and oxygen atoms in total. The number of carbonyl (C=O) groups is 1. The van der Waals surface area contributed by atoms with E-state index in [-0.39, 0.29) is 4.90 Å². The number of benzene rings is 1. The average Bonchev–Trinajstić information content (AvgIpc) is 2.88. The molecule has 0 aliphatic heterocycles. The van der Waals surface area contributed by atoms with Crippen molar-refractivity contribution in [2.75, 3.05) is 0 Å². The van der Waals surface area contributed by atoms with Crippen LogP contribution in [-0.4, -0.2) is 19.3 Å². The van der Waals surface area contributed by atoms with Gasteiger partial charge in [-0.3, -0.25) is 4.79 Å². The van der Waals surface area contributed by atoms with Crippen LogP contribution >= 0.6 is 11.3 Å². The number of hydrogen-bond acceptors (Lipinski definition) is 5. The van der Waals surface area contributed by atoms with Crippen molar-refractivity contribution in [2.45, 2.75) is 39.5 Å². The molecule has 24 heavy (non-hydrogen) atoms. The third-order valence-corrected chi connectivity index (χ3v) is 6.25. The molecular formula is C17H20N2O3S2. The molecule has 2 aromatic rings. The topological polar surface area (TPSA) is 76.1 Å². The highest BCUT2D eigenvalue weighted by Gasteiger charge is 2.23. The first-order chi connectivity index (χ1) is 11.1. The van der Waals surface area contributed by atoms with Gasteiger partial charge in [-0.05, 0) is 62.9 Å². The molecule has 1 amide bonds. The Labute approximate surface area is 146 Å². The summed E-state index contributed by atoms with van der Waals surface area (Å²) in [5.74, 6) is -0.696. The first kappa shape index (κ1) is 18.4. The predicted molar refractivity (Wildman–Crippen MR) is 96.6 cm³/mol. The van der Waals surface area contributed by atoms with Gasteiger partial charge >= 0.3 is 0 Å². The lowest BCUT2D eigenvalue weighted by Gasteiger charge is -2.15. The Morgan fingerprint density at radius 1 is 1.12 bits per heavy atom. The van der Waals surface area contributed by atoms with Crippen molar-refractivity contribution < 1.29 is 13.2 Å². The molecule has 0 radical (unpaired) electrons. The zero-order chi connectivity index (χ0) is 18.1. The maximum absolute atomic E-state index is 12.6. The van der Waals surface area contributed by atoms with E-state index in [1.165, 1.54) is 23.5 Å². The van der Waals surface area contributed by atoms with Gasteiger partial charge in [0.2, 0.25) is 0 Å². The summed E-state index contributed by atoms with van der Waals surface area (Å²) in [5, 5.41) is 2.68. The molecule has 0 saturated carbocycles. The normalized spacial score (nSPS) is 11.9. The van der Waals surface area contributed by atoms with Crippen LogP contribution in [0.1, 0.15) is 33.0 Å². The molecule has 0 aliphatic carbocycles. The van der Waals surface area contributed by atoms with Crippen LogP contribution in [0.4, 0.5) is 0 Å². The Balaban J connectivity index is 2.29. The van der Waals surface area contributed by atoms with Gasteiger partial charge in [0, 0.05) is 11.5 Å². The summed E-state index contributed by atoms with van der Waals surface area (Å²) in [6.45, 7) is 9.06. The molecule has 0 bridgehead atoms. The van der Waals surface area contributed by atoms with Crippen LogP contribution in [0.3, 0.4) is 0 Å². The van der Waals surface area contributed by atoms with Gasteiger partial charge in [0.15, 0.2) is 0 Å². The van der Waals surface area contributed by atoms with E-state index in [1.807, 2.05) is 26.8 Å². The van der Waals surface area contributed by atoms with Crippen molar-refractivity contribution in [1.29, 1.82) is 0 Å². The molecule has 0 fully saturated rings. The Morgan fingerprint density at radius 2 is 1.71 bits per heavy atom.